The van der Waals surface area contributed by atoms with Crippen LogP contribution in [0.2, 0.25) is 10.0 Å². The van der Waals surface area contributed by atoms with E-state index in [9.17, 15) is 13.2 Å². The van der Waals surface area contributed by atoms with Gasteiger partial charge in [0.2, 0.25) is 15.9 Å². The summed E-state index contributed by atoms with van der Waals surface area (Å²) >= 11 is 12.1. The molecule has 0 saturated heterocycles. The number of anilines is 1. The second kappa shape index (κ2) is 9.90. The van der Waals surface area contributed by atoms with Gasteiger partial charge in [-0.05, 0) is 35.7 Å². The Kier molecular flexibility index (Phi) is 7.86. The predicted molar refractivity (Wildman–Crippen MR) is 111 cm³/mol. The lowest BCUT2D eigenvalue weighted by molar-refractivity contribution is -0.116. The lowest BCUT2D eigenvalue weighted by Crippen LogP contribution is -2.25. The molecule has 0 aliphatic heterocycles. The van der Waals surface area contributed by atoms with Crippen LogP contribution in [0.5, 0.6) is 0 Å². The molecule has 8 heteroatoms. The van der Waals surface area contributed by atoms with E-state index >= 15 is 0 Å². The number of hydrogen-bond donors (Lipinski definition) is 2. The minimum atomic E-state index is -3.41. The van der Waals surface area contributed by atoms with Crippen LogP contribution in [0.4, 0.5) is 5.69 Å². The molecule has 0 saturated carbocycles. The van der Waals surface area contributed by atoms with Crippen LogP contribution in [0.3, 0.4) is 0 Å². The van der Waals surface area contributed by atoms with E-state index in [0.717, 1.165) is 5.56 Å². The van der Waals surface area contributed by atoms with E-state index in [1.807, 2.05) is 6.07 Å². The summed E-state index contributed by atoms with van der Waals surface area (Å²) in [5.74, 6) is -0.304. The van der Waals surface area contributed by atoms with Gasteiger partial charge in [0.05, 0.1) is 15.8 Å². The number of aryl methyl sites for hydroxylation is 1. The largest absolute Gasteiger partial charge is 0.326 e. The smallest absolute Gasteiger partial charge is 0.224 e. The van der Waals surface area contributed by atoms with E-state index in [1.165, 1.54) is 6.08 Å². The summed E-state index contributed by atoms with van der Waals surface area (Å²) in [5, 5.41) is 3.70. The molecule has 2 N–H and O–H groups in total. The van der Waals surface area contributed by atoms with Crippen LogP contribution < -0.4 is 10.0 Å². The third-order valence-electron chi connectivity index (χ3n) is 3.69. The van der Waals surface area contributed by atoms with Crippen molar-refractivity contribution in [3.8, 4) is 0 Å². The number of hydrogen-bond acceptors (Lipinski definition) is 3. The molecule has 27 heavy (non-hydrogen) atoms. The minimum Gasteiger partial charge on any atom is -0.326 e. The zero-order chi connectivity index (χ0) is 19.9. The van der Waals surface area contributed by atoms with Gasteiger partial charge in [0.15, 0.2) is 0 Å². The predicted octanol–water partition coefficient (Wildman–Crippen LogP) is 4.17. The molecule has 0 aliphatic rings. The van der Waals surface area contributed by atoms with Gasteiger partial charge in [-0.2, -0.15) is 0 Å². The van der Waals surface area contributed by atoms with Crippen LogP contribution in [0, 0.1) is 0 Å². The van der Waals surface area contributed by atoms with Crippen molar-refractivity contribution >= 4 is 44.8 Å². The highest BCUT2D eigenvalue weighted by Crippen LogP contribution is 2.26. The van der Waals surface area contributed by atoms with Gasteiger partial charge in [0.1, 0.15) is 0 Å². The Bertz CT molecular complexity index is 913. The molecule has 0 radical (unpaired) electrons. The molecule has 2 rings (SSSR count). The quantitative estimate of drug-likeness (QED) is 0.590. The Morgan fingerprint density at radius 3 is 2.48 bits per heavy atom. The van der Waals surface area contributed by atoms with Gasteiger partial charge in [-0.1, -0.05) is 53.5 Å². The Labute approximate surface area is 169 Å². The van der Waals surface area contributed by atoms with Crippen LogP contribution in [-0.2, 0) is 27.0 Å². The van der Waals surface area contributed by atoms with Crippen LogP contribution in [-0.4, -0.2) is 20.9 Å². The van der Waals surface area contributed by atoms with E-state index in [2.05, 4.69) is 16.6 Å². The maximum atomic E-state index is 12.1. The van der Waals surface area contributed by atoms with Crippen molar-refractivity contribution < 1.29 is 13.2 Å². The lowest BCUT2D eigenvalue weighted by Gasteiger charge is -2.09. The maximum absolute atomic E-state index is 12.1. The van der Waals surface area contributed by atoms with E-state index in [1.54, 1.807) is 36.4 Å². The van der Waals surface area contributed by atoms with Crippen molar-refractivity contribution in [1.29, 1.82) is 0 Å². The minimum absolute atomic E-state index is 0.137. The molecule has 5 nitrogen and oxygen atoms in total. The normalized spacial score (nSPS) is 11.2. The van der Waals surface area contributed by atoms with Crippen LogP contribution >= 0.6 is 23.2 Å². The number of halogens is 2. The van der Waals surface area contributed by atoms with E-state index in [4.69, 9.17) is 23.2 Å². The molecular formula is C19H20Cl2N2O3S. The Morgan fingerprint density at radius 1 is 1.11 bits per heavy atom. The first-order chi connectivity index (χ1) is 12.8. The molecule has 0 aromatic heterocycles. The molecule has 0 fully saturated rings. The van der Waals surface area contributed by atoms with Gasteiger partial charge in [0.25, 0.3) is 0 Å². The summed E-state index contributed by atoms with van der Waals surface area (Å²) in [4.78, 5) is 12.1. The Morgan fingerprint density at radius 2 is 1.81 bits per heavy atom. The molecule has 0 unspecified atom stereocenters. The summed E-state index contributed by atoms with van der Waals surface area (Å²) in [6.07, 6.45) is 2.20. The summed E-state index contributed by atoms with van der Waals surface area (Å²) in [5.41, 5.74) is 2.03. The summed E-state index contributed by atoms with van der Waals surface area (Å²) in [7, 11) is -3.41. The van der Waals surface area contributed by atoms with Crippen molar-refractivity contribution in [2.45, 2.75) is 18.6 Å². The molecule has 0 heterocycles. The number of nitrogens with one attached hydrogen (secondary N) is 2. The Balaban J connectivity index is 1.89. The van der Waals surface area contributed by atoms with E-state index in [0.29, 0.717) is 27.7 Å². The molecule has 0 aliphatic carbocycles. The van der Waals surface area contributed by atoms with Gasteiger partial charge in [-0.25, -0.2) is 13.1 Å². The SMILES string of the molecule is C=CCNS(=O)(=O)Cc1ccc(NC(=O)CCc2cccc(Cl)c2Cl)cc1. The number of amides is 1. The van der Waals surface area contributed by atoms with Crippen molar-refractivity contribution in [3.05, 3.63) is 76.3 Å². The number of benzene rings is 2. The molecule has 0 atom stereocenters. The summed E-state index contributed by atoms with van der Waals surface area (Å²) in [6.45, 7) is 3.66. The first-order valence-corrected chi connectivity index (χ1v) is 10.6. The van der Waals surface area contributed by atoms with Crippen molar-refractivity contribution in [3.63, 3.8) is 0 Å². The summed E-state index contributed by atoms with van der Waals surface area (Å²) in [6, 6.07) is 12.0. The second-order valence-corrected chi connectivity index (χ2v) is 8.45. The monoisotopic (exact) mass is 426 g/mol. The third kappa shape index (κ3) is 6.99. The number of carbonyl (C=O) groups is 1. The number of carbonyl (C=O) groups excluding carboxylic acids is 1. The number of rotatable bonds is 9. The van der Waals surface area contributed by atoms with Gasteiger partial charge >= 0.3 is 0 Å². The zero-order valence-electron chi connectivity index (χ0n) is 14.5. The summed E-state index contributed by atoms with van der Waals surface area (Å²) < 4.78 is 26.1. The molecular weight excluding hydrogens is 407 g/mol. The topological polar surface area (TPSA) is 75.3 Å². The molecule has 0 spiro atoms. The average Bonchev–Trinajstić information content (AvgIpc) is 2.63. The van der Waals surface area contributed by atoms with Gasteiger partial charge in [-0.3, -0.25) is 4.79 Å². The standard InChI is InChI=1S/C19H20Cl2N2O3S/c1-2-12-22-27(25,26)13-14-6-9-16(10-7-14)23-18(24)11-8-15-4-3-5-17(20)19(15)21/h2-7,9-10,22H,1,8,11-13H2,(H,23,24). The Hall–Kier alpha value is -1.86. The van der Waals surface area contributed by atoms with Gasteiger partial charge in [-0.15, -0.1) is 6.58 Å². The maximum Gasteiger partial charge on any atom is 0.224 e. The fourth-order valence-electron chi connectivity index (χ4n) is 2.35. The first kappa shape index (κ1) is 21.4. The molecule has 2 aromatic rings. The number of sulfonamides is 1. The average molecular weight is 427 g/mol. The van der Waals surface area contributed by atoms with Crippen molar-refractivity contribution in [2.75, 3.05) is 11.9 Å². The van der Waals surface area contributed by atoms with Crippen LogP contribution in [0.15, 0.2) is 55.1 Å². The zero-order valence-corrected chi connectivity index (χ0v) is 16.9. The highest BCUT2D eigenvalue weighted by molar-refractivity contribution is 7.88. The molecule has 0 bridgehead atoms. The highest BCUT2D eigenvalue weighted by atomic mass is 35.5. The van der Waals surface area contributed by atoms with E-state index in [-0.39, 0.29) is 24.6 Å². The first-order valence-electron chi connectivity index (χ1n) is 8.20. The van der Waals surface area contributed by atoms with Crippen LogP contribution in [0.1, 0.15) is 17.5 Å². The van der Waals surface area contributed by atoms with Gasteiger partial charge < -0.3 is 5.32 Å². The molecule has 144 valence electrons. The fourth-order valence-corrected chi connectivity index (χ4v) is 3.87. The fraction of sp³-hybridized carbons (Fsp3) is 0.211. The highest BCUT2D eigenvalue weighted by Gasteiger charge is 2.11. The van der Waals surface area contributed by atoms with E-state index < -0.39 is 10.0 Å². The van der Waals surface area contributed by atoms with Crippen molar-refractivity contribution in [2.24, 2.45) is 0 Å². The molecule has 2 aromatic carbocycles. The third-order valence-corrected chi connectivity index (χ3v) is 5.87. The lowest BCUT2D eigenvalue weighted by atomic mass is 10.1. The van der Waals surface area contributed by atoms with Crippen molar-refractivity contribution in [1.82, 2.24) is 4.72 Å². The van der Waals surface area contributed by atoms with Gasteiger partial charge in [0, 0.05) is 18.7 Å². The van der Waals surface area contributed by atoms with Crippen LogP contribution in [0.25, 0.3) is 0 Å². The second-order valence-electron chi connectivity index (χ2n) is 5.85. The molecule has 1 amide bonds.